The van der Waals surface area contributed by atoms with Crippen molar-refractivity contribution in [3.63, 3.8) is 0 Å². The molecule has 0 aliphatic heterocycles. The van der Waals surface area contributed by atoms with Gasteiger partial charge in [-0.1, -0.05) is 18.2 Å². The number of hydrogen-bond acceptors (Lipinski definition) is 3. The minimum Gasteiger partial charge on any atom is -0.497 e. The Bertz CT molecular complexity index is 651. The SMILES string of the molecule is COc1ccc(/C=C/NC(=O)Nc2cccc(OC)c2)cc1. The Labute approximate surface area is 129 Å². The first kappa shape index (κ1) is 15.4. The Hall–Kier alpha value is -2.95. The number of methoxy groups -OCH3 is 2. The molecule has 2 amide bonds. The Morgan fingerprint density at radius 3 is 2.41 bits per heavy atom. The van der Waals surface area contributed by atoms with Gasteiger partial charge >= 0.3 is 6.03 Å². The smallest absolute Gasteiger partial charge is 0.323 e. The molecule has 0 atom stereocenters. The summed E-state index contributed by atoms with van der Waals surface area (Å²) < 4.78 is 10.2. The Kier molecular flexibility index (Phi) is 5.43. The lowest BCUT2D eigenvalue weighted by Gasteiger charge is -2.06. The highest BCUT2D eigenvalue weighted by Crippen LogP contribution is 2.16. The van der Waals surface area contributed by atoms with Crippen molar-refractivity contribution in [3.05, 3.63) is 60.3 Å². The van der Waals surface area contributed by atoms with Crippen LogP contribution in [0.1, 0.15) is 5.56 Å². The van der Waals surface area contributed by atoms with Gasteiger partial charge < -0.3 is 20.1 Å². The van der Waals surface area contributed by atoms with Crippen molar-refractivity contribution in [3.8, 4) is 11.5 Å². The average molecular weight is 298 g/mol. The lowest BCUT2D eigenvalue weighted by atomic mass is 10.2. The van der Waals surface area contributed by atoms with Gasteiger partial charge in [0.15, 0.2) is 0 Å². The minimum atomic E-state index is -0.321. The molecule has 0 radical (unpaired) electrons. The van der Waals surface area contributed by atoms with Crippen molar-refractivity contribution < 1.29 is 14.3 Å². The van der Waals surface area contributed by atoms with Crippen LogP contribution in [-0.2, 0) is 0 Å². The quantitative estimate of drug-likeness (QED) is 0.888. The van der Waals surface area contributed by atoms with Gasteiger partial charge in [-0.2, -0.15) is 0 Å². The number of urea groups is 1. The van der Waals surface area contributed by atoms with Crippen LogP contribution in [0.4, 0.5) is 10.5 Å². The van der Waals surface area contributed by atoms with Gasteiger partial charge in [0.1, 0.15) is 11.5 Å². The zero-order chi connectivity index (χ0) is 15.8. The second-order valence-corrected chi connectivity index (χ2v) is 4.44. The van der Waals surface area contributed by atoms with Crippen molar-refractivity contribution >= 4 is 17.8 Å². The standard InChI is InChI=1S/C17H18N2O3/c1-21-15-8-6-13(7-9-15)10-11-18-17(20)19-14-4-3-5-16(12-14)22-2/h3-12H,1-2H3,(H2,18,19,20)/b11-10+. The van der Waals surface area contributed by atoms with E-state index >= 15 is 0 Å². The Morgan fingerprint density at radius 1 is 1.00 bits per heavy atom. The Morgan fingerprint density at radius 2 is 1.73 bits per heavy atom. The van der Waals surface area contributed by atoms with Gasteiger partial charge in [0.25, 0.3) is 0 Å². The fraction of sp³-hybridized carbons (Fsp3) is 0.118. The molecule has 114 valence electrons. The van der Waals surface area contributed by atoms with Crippen LogP contribution in [0.2, 0.25) is 0 Å². The maximum absolute atomic E-state index is 11.8. The average Bonchev–Trinajstić information content (AvgIpc) is 2.55. The Balaban J connectivity index is 1.87. The van der Waals surface area contributed by atoms with Crippen molar-refractivity contribution in [2.24, 2.45) is 0 Å². The summed E-state index contributed by atoms with van der Waals surface area (Å²) in [4.78, 5) is 11.8. The lowest BCUT2D eigenvalue weighted by Crippen LogP contribution is -2.23. The van der Waals surface area contributed by atoms with Crippen molar-refractivity contribution in [2.75, 3.05) is 19.5 Å². The third kappa shape index (κ3) is 4.56. The van der Waals surface area contributed by atoms with E-state index in [9.17, 15) is 4.79 Å². The van der Waals surface area contributed by atoms with Crippen LogP contribution >= 0.6 is 0 Å². The maximum Gasteiger partial charge on any atom is 0.323 e. The fourth-order valence-electron chi connectivity index (χ4n) is 1.80. The van der Waals surface area contributed by atoms with Gasteiger partial charge in [-0.3, -0.25) is 0 Å². The zero-order valence-corrected chi connectivity index (χ0v) is 12.5. The number of hydrogen-bond donors (Lipinski definition) is 2. The van der Waals surface area contributed by atoms with Crippen molar-refractivity contribution in [1.82, 2.24) is 5.32 Å². The molecule has 2 aromatic rings. The molecule has 0 spiro atoms. The summed E-state index contributed by atoms with van der Waals surface area (Å²) in [6, 6.07) is 14.3. The van der Waals surface area contributed by atoms with E-state index in [4.69, 9.17) is 9.47 Å². The molecule has 5 nitrogen and oxygen atoms in total. The molecule has 2 rings (SSSR count). The van der Waals surface area contributed by atoms with E-state index < -0.39 is 0 Å². The highest BCUT2D eigenvalue weighted by Gasteiger charge is 2.00. The first-order chi connectivity index (χ1) is 10.7. The molecule has 0 fully saturated rings. The van der Waals surface area contributed by atoms with Crippen LogP contribution in [0.25, 0.3) is 6.08 Å². The number of ether oxygens (including phenoxy) is 2. The molecule has 5 heteroatoms. The fourth-order valence-corrected chi connectivity index (χ4v) is 1.80. The molecular formula is C17H18N2O3. The molecule has 0 heterocycles. The van der Waals surface area contributed by atoms with Crippen LogP contribution in [0.15, 0.2) is 54.7 Å². The van der Waals surface area contributed by atoms with E-state index in [1.165, 1.54) is 0 Å². The van der Waals surface area contributed by atoms with Crippen LogP contribution < -0.4 is 20.1 Å². The van der Waals surface area contributed by atoms with Gasteiger partial charge in [0, 0.05) is 18.0 Å². The van der Waals surface area contributed by atoms with E-state index in [0.29, 0.717) is 11.4 Å². The summed E-state index contributed by atoms with van der Waals surface area (Å²) in [7, 11) is 3.20. The van der Waals surface area contributed by atoms with Crippen LogP contribution in [0, 0.1) is 0 Å². The predicted octanol–water partition coefficient (Wildman–Crippen LogP) is 3.50. The molecule has 0 unspecified atom stereocenters. The molecule has 2 aromatic carbocycles. The van der Waals surface area contributed by atoms with Gasteiger partial charge in [-0.15, -0.1) is 0 Å². The summed E-state index contributed by atoms with van der Waals surface area (Å²) in [5.74, 6) is 1.48. The van der Waals surface area contributed by atoms with Crippen LogP contribution in [0.5, 0.6) is 11.5 Å². The van der Waals surface area contributed by atoms with E-state index in [2.05, 4.69) is 10.6 Å². The van der Waals surface area contributed by atoms with E-state index in [1.54, 1.807) is 38.6 Å². The number of anilines is 1. The minimum absolute atomic E-state index is 0.321. The molecule has 0 saturated heterocycles. The lowest BCUT2D eigenvalue weighted by molar-refractivity contribution is 0.255. The maximum atomic E-state index is 11.8. The summed E-state index contributed by atoms with van der Waals surface area (Å²) in [6.45, 7) is 0. The van der Waals surface area contributed by atoms with Crippen LogP contribution in [-0.4, -0.2) is 20.3 Å². The number of carbonyl (C=O) groups is 1. The van der Waals surface area contributed by atoms with Crippen LogP contribution in [0.3, 0.4) is 0 Å². The second-order valence-electron chi connectivity index (χ2n) is 4.44. The summed E-state index contributed by atoms with van der Waals surface area (Å²) in [5, 5.41) is 5.36. The van der Waals surface area contributed by atoms with Crippen molar-refractivity contribution in [1.29, 1.82) is 0 Å². The number of rotatable bonds is 5. The monoisotopic (exact) mass is 298 g/mol. The second kappa shape index (κ2) is 7.73. The third-order valence-electron chi connectivity index (χ3n) is 2.93. The molecule has 0 bridgehead atoms. The number of amides is 2. The molecule has 0 saturated carbocycles. The molecule has 0 aliphatic carbocycles. The van der Waals surface area contributed by atoms with E-state index in [1.807, 2.05) is 36.4 Å². The normalized spacial score (nSPS) is 10.3. The molecular weight excluding hydrogens is 280 g/mol. The van der Waals surface area contributed by atoms with Gasteiger partial charge in [0.05, 0.1) is 14.2 Å². The van der Waals surface area contributed by atoms with Gasteiger partial charge in [0.2, 0.25) is 0 Å². The highest BCUT2D eigenvalue weighted by molar-refractivity contribution is 5.90. The summed E-state index contributed by atoms with van der Waals surface area (Å²) >= 11 is 0. The third-order valence-corrected chi connectivity index (χ3v) is 2.93. The predicted molar refractivity (Wildman–Crippen MR) is 87.2 cm³/mol. The molecule has 0 aromatic heterocycles. The molecule has 0 aliphatic rings. The highest BCUT2D eigenvalue weighted by atomic mass is 16.5. The van der Waals surface area contributed by atoms with E-state index in [0.717, 1.165) is 11.3 Å². The summed E-state index contributed by atoms with van der Waals surface area (Å²) in [5.41, 5.74) is 1.62. The number of carbonyl (C=O) groups excluding carboxylic acids is 1. The summed E-state index contributed by atoms with van der Waals surface area (Å²) in [6.07, 6.45) is 3.38. The molecule has 2 N–H and O–H groups in total. The topological polar surface area (TPSA) is 59.6 Å². The molecule has 22 heavy (non-hydrogen) atoms. The number of benzene rings is 2. The van der Waals surface area contributed by atoms with E-state index in [-0.39, 0.29) is 6.03 Å². The zero-order valence-electron chi connectivity index (χ0n) is 12.5. The van der Waals surface area contributed by atoms with Gasteiger partial charge in [-0.05, 0) is 35.9 Å². The first-order valence-corrected chi connectivity index (χ1v) is 6.73. The number of nitrogens with one attached hydrogen (secondary N) is 2. The van der Waals surface area contributed by atoms with Crippen molar-refractivity contribution in [2.45, 2.75) is 0 Å². The first-order valence-electron chi connectivity index (χ1n) is 6.73. The van der Waals surface area contributed by atoms with Gasteiger partial charge in [-0.25, -0.2) is 4.79 Å². The largest absolute Gasteiger partial charge is 0.497 e.